The molecule has 3 rings (SSSR count). The first-order chi connectivity index (χ1) is 9.64. The first kappa shape index (κ1) is 12.9. The van der Waals surface area contributed by atoms with E-state index >= 15 is 0 Å². The van der Waals surface area contributed by atoms with Crippen LogP contribution in [-0.4, -0.2) is 26.9 Å². The van der Waals surface area contributed by atoms with E-state index in [1.807, 2.05) is 0 Å². The largest absolute Gasteiger partial charge is 0.504 e. The van der Waals surface area contributed by atoms with E-state index in [2.05, 4.69) is 22.4 Å². The van der Waals surface area contributed by atoms with Crippen molar-refractivity contribution in [3.05, 3.63) is 24.1 Å². The first-order valence-corrected chi connectivity index (χ1v) is 6.76. The lowest BCUT2D eigenvalue weighted by atomic mass is 9.94. The van der Waals surface area contributed by atoms with Gasteiger partial charge in [0.1, 0.15) is 0 Å². The van der Waals surface area contributed by atoms with Gasteiger partial charge in [0.05, 0.1) is 5.54 Å². The van der Waals surface area contributed by atoms with Gasteiger partial charge in [-0.05, 0) is 44.0 Å². The molecule has 1 fully saturated rings. The second kappa shape index (κ2) is 4.79. The summed E-state index contributed by atoms with van der Waals surface area (Å²) in [4.78, 5) is 4.44. The van der Waals surface area contributed by atoms with Crippen molar-refractivity contribution in [1.82, 2.24) is 15.5 Å². The summed E-state index contributed by atoms with van der Waals surface area (Å²) in [6.07, 6.45) is 2.95. The standard InChI is InChI=1S/C14H17N3O3/c1-2-14(6-3-7-15-14)13-16-12(17-20-13)9-4-5-10(18)11(19)8-9/h4-5,8,15,18-19H,2-3,6-7H2,1H3. The van der Waals surface area contributed by atoms with Crippen molar-refractivity contribution in [2.45, 2.75) is 31.7 Å². The molecule has 1 saturated heterocycles. The van der Waals surface area contributed by atoms with Crippen LogP contribution in [0.3, 0.4) is 0 Å². The van der Waals surface area contributed by atoms with Crippen LogP contribution in [-0.2, 0) is 5.54 Å². The Morgan fingerprint density at radius 1 is 1.35 bits per heavy atom. The molecule has 0 aliphatic carbocycles. The van der Waals surface area contributed by atoms with Crippen LogP contribution in [0.2, 0.25) is 0 Å². The number of aromatic hydroxyl groups is 2. The molecule has 0 spiro atoms. The minimum Gasteiger partial charge on any atom is -0.504 e. The average molecular weight is 275 g/mol. The number of aromatic nitrogens is 2. The Hall–Kier alpha value is -2.08. The highest BCUT2D eigenvalue weighted by Gasteiger charge is 2.38. The van der Waals surface area contributed by atoms with Crippen molar-refractivity contribution in [2.24, 2.45) is 0 Å². The Balaban J connectivity index is 1.95. The molecule has 6 nitrogen and oxygen atoms in total. The number of hydrogen-bond acceptors (Lipinski definition) is 6. The zero-order valence-corrected chi connectivity index (χ0v) is 11.3. The monoisotopic (exact) mass is 275 g/mol. The van der Waals surface area contributed by atoms with Crippen molar-refractivity contribution in [2.75, 3.05) is 6.54 Å². The van der Waals surface area contributed by atoms with E-state index in [0.717, 1.165) is 25.8 Å². The summed E-state index contributed by atoms with van der Waals surface area (Å²) in [5.41, 5.74) is 0.379. The van der Waals surface area contributed by atoms with Gasteiger partial charge in [0.25, 0.3) is 0 Å². The number of nitrogens with one attached hydrogen (secondary N) is 1. The smallest absolute Gasteiger partial charge is 0.247 e. The van der Waals surface area contributed by atoms with E-state index in [-0.39, 0.29) is 17.0 Å². The van der Waals surface area contributed by atoms with E-state index in [1.54, 1.807) is 6.07 Å². The molecule has 2 heterocycles. The zero-order chi connectivity index (χ0) is 14.2. The van der Waals surface area contributed by atoms with Gasteiger partial charge in [0.15, 0.2) is 11.5 Å². The molecule has 0 saturated carbocycles. The zero-order valence-electron chi connectivity index (χ0n) is 11.3. The fourth-order valence-electron chi connectivity index (χ4n) is 2.64. The molecule has 1 aliphatic heterocycles. The number of nitrogens with zero attached hydrogens (tertiary/aromatic N) is 2. The molecule has 0 bridgehead atoms. The molecule has 106 valence electrons. The molecule has 1 aliphatic rings. The van der Waals surface area contributed by atoms with Crippen LogP contribution in [0.5, 0.6) is 11.5 Å². The van der Waals surface area contributed by atoms with Crippen LogP contribution in [0, 0.1) is 0 Å². The third kappa shape index (κ3) is 2.02. The van der Waals surface area contributed by atoms with Gasteiger partial charge in [-0.25, -0.2) is 0 Å². The Bertz CT molecular complexity index is 618. The molecule has 3 N–H and O–H groups in total. The molecule has 20 heavy (non-hydrogen) atoms. The Morgan fingerprint density at radius 3 is 2.85 bits per heavy atom. The van der Waals surface area contributed by atoms with Gasteiger partial charge >= 0.3 is 0 Å². The Kier molecular flexibility index (Phi) is 3.10. The highest BCUT2D eigenvalue weighted by molar-refractivity contribution is 5.60. The van der Waals surface area contributed by atoms with Gasteiger partial charge < -0.3 is 20.1 Å². The van der Waals surface area contributed by atoms with Gasteiger partial charge in [0.2, 0.25) is 11.7 Å². The molecule has 2 aromatic rings. The summed E-state index contributed by atoms with van der Waals surface area (Å²) < 4.78 is 5.40. The molecule has 0 radical (unpaired) electrons. The minimum absolute atomic E-state index is 0.167. The third-order valence-electron chi connectivity index (χ3n) is 3.92. The van der Waals surface area contributed by atoms with E-state index in [1.165, 1.54) is 12.1 Å². The lowest BCUT2D eigenvalue weighted by Crippen LogP contribution is -2.36. The van der Waals surface area contributed by atoms with Crippen molar-refractivity contribution in [3.8, 4) is 22.9 Å². The number of benzene rings is 1. The van der Waals surface area contributed by atoms with E-state index in [4.69, 9.17) is 4.52 Å². The molecule has 0 amide bonds. The predicted molar refractivity (Wildman–Crippen MR) is 72.3 cm³/mol. The molecular formula is C14H17N3O3. The van der Waals surface area contributed by atoms with Crippen molar-refractivity contribution < 1.29 is 14.7 Å². The van der Waals surface area contributed by atoms with Crippen molar-refractivity contribution in [1.29, 1.82) is 0 Å². The van der Waals surface area contributed by atoms with Crippen LogP contribution in [0.25, 0.3) is 11.4 Å². The van der Waals surface area contributed by atoms with E-state index < -0.39 is 0 Å². The summed E-state index contributed by atoms with van der Waals surface area (Å²) in [6, 6.07) is 4.47. The molecule has 1 aromatic heterocycles. The molecular weight excluding hydrogens is 258 g/mol. The number of hydrogen-bond donors (Lipinski definition) is 3. The number of rotatable bonds is 3. The normalized spacial score (nSPS) is 22.2. The Labute approximate surface area is 116 Å². The highest BCUT2D eigenvalue weighted by Crippen LogP contribution is 2.35. The number of phenolic OH excluding ortho intramolecular Hbond substituents is 2. The van der Waals surface area contributed by atoms with E-state index in [9.17, 15) is 10.2 Å². The van der Waals surface area contributed by atoms with Gasteiger partial charge in [-0.2, -0.15) is 4.98 Å². The highest BCUT2D eigenvalue weighted by atomic mass is 16.5. The third-order valence-corrected chi connectivity index (χ3v) is 3.92. The lowest BCUT2D eigenvalue weighted by Gasteiger charge is -2.22. The first-order valence-electron chi connectivity index (χ1n) is 6.76. The van der Waals surface area contributed by atoms with Crippen molar-refractivity contribution in [3.63, 3.8) is 0 Å². The topological polar surface area (TPSA) is 91.4 Å². The quantitative estimate of drug-likeness (QED) is 0.743. The van der Waals surface area contributed by atoms with Crippen LogP contribution in [0.1, 0.15) is 32.1 Å². The predicted octanol–water partition coefficient (Wildman–Crippen LogP) is 2.14. The second-order valence-electron chi connectivity index (χ2n) is 5.09. The summed E-state index contributed by atoms with van der Waals surface area (Å²) in [6.45, 7) is 3.04. The minimum atomic E-state index is -0.232. The van der Waals surface area contributed by atoms with Gasteiger partial charge in [-0.15, -0.1) is 0 Å². The fourth-order valence-corrected chi connectivity index (χ4v) is 2.64. The van der Waals surface area contributed by atoms with Crippen LogP contribution >= 0.6 is 0 Å². The van der Waals surface area contributed by atoms with E-state index in [0.29, 0.717) is 17.3 Å². The average Bonchev–Trinajstić information content (AvgIpc) is 3.10. The maximum Gasteiger partial charge on any atom is 0.247 e. The molecule has 1 aromatic carbocycles. The molecule has 1 atom stereocenters. The van der Waals surface area contributed by atoms with Crippen LogP contribution in [0.15, 0.2) is 22.7 Å². The fraction of sp³-hybridized carbons (Fsp3) is 0.429. The number of phenols is 2. The Morgan fingerprint density at radius 2 is 2.20 bits per heavy atom. The maximum atomic E-state index is 9.53. The molecule has 1 unspecified atom stereocenters. The van der Waals surface area contributed by atoms with Gasteiger partial charge in [-0.3, -0.25) is 0 Å². The maximum absolute atomic E-state index is 9.53. The summed E-state index contributed by atoms with van der Waals surface area (Å²) in [5.74, 6) is 0.634. The van der Waals surface area contributed by atoms with Gasteiger partial charge in [-0.1, -0.05) is 12.1 Å². The SMILES string of the molecule is CCC1(c2nc(-c3ccc(O)c(O)c3)no2)CCCN1. The van der Waals surface area contributed by atoms with Crippen molar-refractivity contribution >= 4 is 0 Å². The summed E-state index contributed by atoms with van der Waals surface area (Å²) >= 11 is 0. The second-order valence-corrected chi connectivity index (χ2v) is 5.09. The van der Waals surface area contributed by atoms with Crippen LogP contribution in [0.4, 0.5) is 0 Å². The summed E-state index contributed by atoms with van der Waals surface area (Å²) in [7, 11) is 0. The molecule has 6 heteroatoms. The lowest BCUT2D eigenvalue weighted by molar-refractivity contribution is 0.250. The van der Waals surface area contributed by atoms with Gasteiger partial charge in [0, 0.05) is 5.56 Å². The summed E-state index contributed by atoms with van der Waals surface area (Å²) in [5, 5.41) is 26.3. The van der Waals surface area contributed by atoms with Crippen LogP contribution < -0.4 is 5.32 Å².